The molecule has 0 saturated carbocycles. The zero-order chi connectivity index (χ0) is 13.7. The van der Waals surface area contributed by atoms with Crippen LogP contribution in [0.4, 0.5) is 0 Å². The van der Waals surface area contributed by atoms with Gasteiger partial charge in [0.25, 0.3) is 0 Å². The molecule has 0 aliphatic carbocycles. The molecule has 2 rings (SSSR count). The first-order valence-corrected chi connectivity index (χ1v) is 9.17. The van der Waals surface area contributed by atoms with Crippen LogP contribution in [0.1, 0.15) is 39.0 Å². The van der Waals surface area contributed by atoms with E-state index in [1.165, 1.54) is 12.8 Å². The van der Waals surface area contributed by atoms with Crippen LogP contribution in [0.2, 0.25) is 0 Å². The van der Waals surface area contributed by atoms with E-state index in [0.29, 0.717) is 31.6 Å². The lowest BCUT2D eigenvalue weighted by Gasteiger charge is -2.35. The number of hydrogen-bond acceptors (Lipinski definition) is 4. The average Bonchev–Trinajstić information content (AvgIpc) is 2.40. The zero-order valence-electron chi connectivity index (χ0n) is 11.9. The summed E-state index contributed by atoms with van der Waals surface area (Å²) in [6.45, 7) is 5.46. The van der Waals surface area contributed by atoms with Gasteiger partial charge in [-0.2, -0.15) is 0 Å². The highest BCUT2D eigenvalue weighted by atomic mass is 32.2. The topological polar surface area (TPSA) is 61.4 Å². The normalized spacial score (nSPS) is 27.5. The lowest BCUT2D eigenvalue weighted by atomic mass is 10.0. The average molecular weight is 289 g/mol. The van der Waals surface area contributed by atoms with Crippen molar-refractivity contribution in [2.24, 2.45) is 0 Å². The molecular weight excluding hydrogens is 262 g/mol. The van der Waals surface area contributed by atoms with Gasteiger partial charge in [-0.05, 0) is 38.6 Å². The van der Waals surface area contributed by atoms with Crippen LogP contribution in [0.5, 0.6) is 0 Å². The van der Waals surface area contributed by atoms with Crippen molar-refractivity contribution in [1.29, 1.82) is 0 Å². The fourth-order valence-electron chi connectivity index (χ4n) is 3.02. The molecule has 0 aromatic carbocycles. The Balaban J connectivity index is 1.75. The number of rotatable bonds is 5. The van der Waals surface area contributed by atoms with E-state index in [-0.39, 0.29) is 5.75 Å². The smallest absolute Gasteiger partial charge is 0.214 e. The number of nitrogens with zero attached hydrogens (tertiary/aromatic N) is 1. The largest absolute Gasteiger partial charge is 0.315 e. The van der Waals surface area contributed by atoms with Crippen LogP contribution in [-0.2, 0) is 10.0 Å². The summed E-state index contributed by atoms with van der Waals surface area (Å²) in [4.78, 5) is 0. The van der Waals surface area contributed by atoms with Gasteiger partial charge < -0.3 is 10.6 Å². The lowest BCUT2D eigenvalue weighted by molar-refractivity contribution is 0.257. The molecule has 1 unspecified atom stereocenters. The van der Waals surface area contributed by atoms with E-state index in [9.17, 15) is 8.42 Å². The Labute approximate surface area is 117 Å². The molecule has 19 heavy (non-hydrogen) atoms. The highest BCUT2D eigenvalue weighted by Gasteiger charge is 2.28. The van der Waals surface area contributed by atoms with Gasteiger partial charge >= 0.3 is 0 Å². The van der Waals surface area contributed by atoms with Gasteiger partial charge in [-0.3, -0.25) is 0 Å². The number of nitrogens with one attached hydrogen (secondary N) is 2. The standard InChI is InChI=1S/C13H27N3O2S/c1-2-10-19(17,18)16-8-5-12(6-9-16)15-13-4-3-7-14-11-13/h12-15H,2-11H2,1H3. The van der Waals surface area contributed by atoms with Gasteiger partial charge in [0.2, 0.25) is 10.0 Å². The van der Waals surface area contributed by atoms with E-state index in [1.807, 2.05) is 6.92 Å². The van der Waals surface area contributed by atoms with Crippen molar-refractivity contribution in [3.63, 3.8) is 0 Å². The first-order chi connectivity index (χ1) is 9.12. The molecule has 0 spiro atoms. The van der Waals surface area contributed by atoms with Crippen molar-refractivity contribution in [2.45, 2.75) is 51.1 Å². The fraction of sp³-hybridized carbons (Fsp3) is 1.00. The third kappa shape index (κ3) is 4.41. The van der Waals surface area contributed by atoms with Gasteiger partial charge in [0.1, 0.15) is 0 Å². The van der Waals surface area contributed by atoms with E-state index in [0.717, 1.165) is 25.9 Å². The minimum atomic E-state index is -3.00. The molecule has 0 amide bonds. The molecular formula is C13H27N3O2S. The van der Waals surface area contributed by atoms with Crippen molar-refractivity contribution < 1.29 is 8.42 Å². The molecule has 112 valence electrons. The third-order valence-corrected chi connectivity index (χ3v) is 6.15. The van der Waals surface area contributed by atoms with E-state index >= 15 is 0 Å². The second-order valence-electron chi connectivity index (χ2n) is 5.70. The second-order valence-corrected chi connectivity index (χ2v) is 7.79. The molecule has 1 atom stereocenters. The maximum atomic E-state index is 12.0. The molecule has 2 fully saturated rings. The molecule has 5 nitrogen and oxygen atoms in total. The molecule has 0 aromatic rings. The predicted octanol–water partition coefficient (Wildman–Crippen LogP) is 0.532. The summed E-state index contributed by atoms with van der Waals surface area (Å²) in [7, 11) is -3.00. The minimum Gasteiger partial charge on any atom is -0.315 e. The molecule has 2 aliphatic rings. The first-order valence-electron chi connectivity index (χ1n) is 7.56. The quantitative estimate of drug-likeness (QED) is 0.775. The monoisotopic (exact) mass is 289 g/mol. The Kier molecular flexibility index (Phi) is 5.62. The highest BCUT2D eigenvalue weighted by molar-refractivity contribution is 7.89. The van der Waals surface area contributed by atoms with Gasteiger partial charge in [0.05, 0.1) is 5.75 Å². The zero-order valence-corrected chi connectivity index (χ0v) is 12.7. The summed E-state index contributed by atoms with van der Waals surface area (Å²) in [5, 5.41) is 7.08. The maximum absolute atomic E-state index is 12.0. The molecule has 0 aromatic heterocycles. The highest BCUT2D eigenvalue weighted by Crippen LogP contribution is 2.16. The first kappa shape index (κ1) is 15.2. The van der Waals surface area contributed by atoms with Crippen LogP contribution >= 0.6 is 0 Å². The number of sulfonamides is 1. The van der Waals surface area contributed by atoms with Crippen LogP contribution in [0.15, 0.2) is 0 Å². The maximum Gasteiger partial charge on any atom is 0.214 e. The Morgan fingerprint density at radius 1 is 1.21 bits per heavy atom. The summed E-state index contributed by atoms with van der Waals surface area (Å²) in [6.07, 6.45) is 5.07. The van der Waals surface area contributed by atoms with Crippen molar-refractivity contribution in [3.8, 4) is 0 Å². The molecule has 6 heteroatoms. The minimum absolute atomic E-state index is 0.289. The Bertz CT molecular complexity index is 358. The van der Waals surface area contributed by atoms with Gasteiger partial charge in [-0.25, -0.2) is 12.7 Å². The van der Waals surface area contributed by atoms with Crippen LogP contribution < -0.4 is 10.6 Å². The van der Waals surface area contributed by atoms with Crippen LogP contribution in [-0.4, -0.2) is 56.7 Å². The van der Waals surface area contributed by atoms with Crippen LogP contribution in [0.25, 0.3) is 0 Å². The van der Waals surface area contributed by atoms with Crippen LogP contribution in [0.3, 0.4) is 0 Å². The summed E-state index contributed by atoms with van der Waals surface area (Å²) in [5.74, 6) is 0.289. The Morgan fingerprint density at radius 2 is 1.95 bits per heavy atom. The van der Waals surface area contributed by atoms with Crippen molar-refractivity contribution >= 4 is 10.0 Å². The van der Waals surface area contributed by atoms with E-state index in [4.69, 9.17) is 0 Å². The van der Waals surface area contributed by atoms with E-state index in [2.05, 4.69) is 10.6 Å². The van der Waals surface area contributed by atoms with Crippen LogP contribution in [0, 0.1) is 0 Å². The molecule has 2 aliphatic heterocycles. The van der Waals surface area contributed by atoms with Gasteiger partial charge in [-0.1, -0.05) is 6.92 Å². The third-order valence-electron chi connectivity index (χ3n) is 4.08. The van der Waals surface area contributed by atoms with E-state index in [1.54, 1.807) is 4.31 Å². The SMILES string of the molecule is CCCS(=O)(=O)N1CCC(NC2CCCNC2)CC1. The molecule has 0 radical (unpaired) electrons. The Morgan fingerprint density at radius 3 is 2.53 bits per heavy atom. The summed E-state index contributed by atoms with van der Waals surface area (Å²) < 4.78 is 25.6. The number of piperidine rings is 2. The van der Waals surface area contributed by atoms with Crippen molar-refractivity contribution in [1.82, 2.24) is 14.9 Å². The molecule has 2 heterocycles. The summed E-state index contributed by atoms with van der Waals surface area (Å²) in [5.41, 5.74) is 0. The summed E-state index contributed by atoms with van der Waals surface area (Å²) in [6, 6.07) is 1.05. The van der Waals surface area contributed by atoms with Gasteiger partial charge in [0, 0.05) is 31.7 Å². The second kappa shape index (κ2) is 7.02. The van der Waals surface area contributed by atoms with Crippen molar-refractivity contribution in [2.75, 3.05) is 31.9 Å². The van der Waals surface area contributed by atoms with E-state index < -0.39 is 10.0 Å². The lowest BCUT2D eigenvalue weighted by Crippen LogP contribution is -2.51. The molecule has 2 saturated heterocycles. The summed E-state index contributed by atoms with van der Waals surface area (Å²) >= 11 is 0. The molecule has 0 bridgehead atoms. The predicted molar refractivity (Wildman–Crippen MR) is 77.7 cm³/mol. The fourth-order valence-corrected chi connectivity index (χ4v) is 4.56. The Hall–Kier alpha value is -0.170. The molecule has 2 N–H and O–H groups in total. The number of hydrogen-bond donors (Lipinski definition) is 2. The van der Waals surface area contributed by atoms with Gasteiger partial charge in [-0.15, -0.1) is 0 Å². The van der Waals surface area contributed by atoms with Gasteiger partial charge in [0.15, 0.2) is 0 Å². The van der Waals surface area contributed by atoms with Crippen molar-refractivity contribution in [3.05, 3.63) is 0 Å².